The molecule has 4 rings (SSSR count). The Labute approximate surface area is 190 Å². The van der Waals surface area contributed by atoms with Crippen LogP contribution >= 0.6 is 0 Å². The molecule has 0 spiro atoms. The summed E-state index contributed by atoms with van der Waals surface area (Å²) in [4.78, 5) is 13.5. The first-order valence-electron chi connectivity index (χ1n) is 10.9. The highest BCUT2D eigenvalue weighted by atomic mass is 32.2. The van der Waals surface area contributed by atoms with Crippen LogP contribution in [0.25, 0.3) is 0 Å². The molecule has 1 heterocycles. The van der Waals surface area contributed by atoms with Gasteiger partial charge in [0.2, 0.25) is 15.9 Å². The lowest BCUT2D eigenvalue weighted by atomic mass is 9.93. The van der Waals surface area contributed by atoms with Crippen LogP contribution in [0, 0.1) is 12.8 Å². The second kappa shape index (κ2) is 9.67. The standard InChI is InChI=1S/C26H28N2O3S/c1-20-9-8-12-23(19-20)25(21-10-4-2-5-11-21)27-26(29)22-15-17-28(18-16-22)32(30,31)24-13-6-3-7-14-24/h2-14,19,22,25H,15-18H2,1H3,(H,27,29)/t25-/m1/s1. The number of rotatable bonds is 6. The summed E-state index contributed by atoms with van der Waals surface area (Å²) in [5.74, 6) is -0.245. The summed E-state index contributed by atoms with van der Waals surface area (Å²) in [5, 5.41) is 3.22. The molecular weight excluding hydrogens is 420 g/mol. The molecule has 1 fully saturated rings. The zero-order valence-electron chi connectivity index (χ0n) is 18.1. The fourth-order valence-corrected chi connectivity index (χ4v) is 5.71. The highest BCUT2D eigenvalue weighted by Crippen LogP contribution is 2.27. The van der Waals surface area contributed by atoms with E-state index in [1.54, 1.807) is 30.3 Å². The number of aryl methyl sites for hydroxylation is 1. The fraction of sp³-hybridized carbons (Fsp3) is 0.269. The third kappa shape index (κ3) is 4.92. The zero-order chi connectivity index (χ0) is 22.6. The second-order valence-corrected chi connectivity index (χ2v) is 10.2. The number of hydrogen-bond donors (Lipinski definition) is 1. The SMILES string of the molecule is Cc1cccc([C@H](NC(=O)C2CCN(S(=O)(=O)c3ccccc3)CC2)c2ccccc2)c1. The fourth-order valence-electron chi connectivity index (χ4n) is 4.21. The van der Waals surface area contributed by atoms with Crippen molar-refractivity contribution in [1.82, 2.24) is 9.62 Å². The first-order chi connectivity index (χ1) is 15.4. The van der Waals surface area contributed by atoms with Crippen LogP contribution in [0.15, 0.2) is 89.8 Å². The summed E-state index contributed by atoms with van der Waals surface area (Å²) in [6, 6.07) is 26.3. The Bertz CT molecular complexity index is 1160. The summed E-state index contributed by atoms with van der Waals surface area (Å²) in [6.07, 6.45) is 1.01. The molecule has 0 unspecified atom stereocenters. The van der Waals surface area contributed by atoms with Gasteiger partial charge in [-0.15, -0.1) is 0 Å². The molecule has 1 aliphatic rings. The molecule has 6 heteroatoms. The molecule has 1 N–H and O–H groups in total. The van der Waals surface area contributed by atoms with Crippen LogP contribution in [-0.4, -0.2) is 31.7 Å². The number of hydrogen-bond acceptors (Lipinski definition) is 3. The molecule has 5 nitrogen and oxygen atoms in total. The molecule has 1 saturated heterocycles. The molecule has 1 atom stereocenters. The number of carbonyl (C=O) groups is 1. The Kier molecular flexibility index (Phi) is 6.72. The molecule has 3 aromatic rings. The van der Waals surface area contributed by atoms with Crippen LogP contribution in [0.2, 0.25) is 0 Å². The van der Waals surface area contributed by atoms with Crippen LogP contribution in [0.1, 0.15) is 35.6 Å². The van der Waals surface area contributed by atoms with Crippen LogP contribution in [0.3, 0.4) is 0 Å². The van der Waals surface area contributed by atoms with E-state index in [2.05, 4.69) is 11.4 Å². The molecule has 32 heavy (non-hydrogen) atoms. The predicted octanol–water partition coefficient (Wildman–Crippen LogP) is 4.30. The van der Waals surface area contributed by atoms with Gasteiger partial charge in [0.25, 0.3) is 0 Å². The summed E-state index contributed by atoms with van der Waals surface area (Å²) >= 11 is 0. The van der Waals surface area contributed by atoms with Gasteiger partial charge < -0.3 is 5.32 Å². The first kappa shape index (κ1) is 22.2. The van der Waals surface area contributed by atoms with Gasteiger partial charge in [0.15, 0.2) is 0 Å². The van der Waals surface area contributed by atoms with Crippen molar-refractivity contribution in [3.05, 3.63) is 102 Å². The Hall–Kier alpha value is -2.96. The van der Waals surface area contributed by atoms with Crippen molar-refractivity contribution in [2.24, 2.45) is 5.92 Å². The highest BCUT2D eigenvalue weighted by molar-refractivity contribution is 7.89. The molecule has 0 bridgehead atoms. The van der Waals surface area contributed by atoms with Gasteiger partial charge in [0.1, 0.15) is 0 Å². The van der Waals surface area contributed by atoms with E-state index in [1.807, 2.05) is 55.5 Å². The van der Waals surface area contributed by atoms with Gasteiger partial charge in [-0.3, -0.25) is 4.79 Å². The van der Waals surface area contributed by atoms with Crippen LogP contribution in [0.4, 0.5) is 0 Å². The van der Waals surface area contributed by atoms with Crippen molar-refractivity contribution in [3.63, 3.8) is 0 Å². The van der Waals surface area contributed by atoms with Gasteiger partial charge in [-0.25, -0.2) is 8.42 Å². The van der Waals surface area contributed by atoms with E-state index in [0.29, 0.717) is 30.8 Å². The van der Waals surface area contributed by atoms with E-state index in [0.717, 1.165) is 16.7 Å². The zero-order valence-corrected chi connectivity index (χ0v) is 19.0. The monoisotopic (exact) mass is 448 g/mol. The van der Waals surface area contributed by atoms with Gasteiger partial charge in [-0.2, -0.15) is 4.31 Å². The maximum atomic E-state index is 13.2. The van der Waals surface area contributed by atoms with Gasteiger partial charge >= 0.3 is 0 Å². The maximum absolute atomic E-state index is 13.2. The Balaban J connectivity index is 1.46. The largest absolute Gasteiger partial charge is 0.345 e. The van der Waals surface area contributed by atoms with Gasteiger partial charge in [-0.05, 0) is 43.0 Å². The Morgan fingerprint density at radius 2 is 1.47 bits per heavy atom. The number of piperidine rings is 1. The molecule has 1 aliphatic heterocycles. The molecule has 0 aliphatic carbocycles. The van der Waals surface area contributed by atoms with Crippen molar-refractivity contribution in [3.8, 4) is 0 Å². The van der Waals surface area contributed by atoms with Crippen molar-refractivity contribution in [1.29, 1.82) is 0 Å². The number of amides is 1. The minimum absolute atomic E-state index is 0.0304. The van der Waals surface area contributed by atoms with E-state index in [-0.39, 0.29) is 17.9 Å². The lowest BCUT2D eigenvalue weighted by Gasteiger charge is -2.31. The van der Waals surface area contributed by atoms with Crippen LogP contribution < -0.4 is 5.32 Å². The quantitative estimate of drug-likeness (QED) is 0.611. The van der Waals surface area contributed by atoms with Crippen molar-refractivity contribution < 1.29 is 13.2 Å². The molecule has 3 aromatic carbocycles. The topological polar surface area (TPSA) is 66.5 Å². The molecular formula is C26H28N2O3S. The van der Waals surface area contributed by atoms with Crippen molar-refractivity contribution >= 4 is 15.9 Å². The number of nitrogens with one attached hydrogen (secondary N) is 1. The number of sulfonamides is 1. The Morgan fingerprint density at radius 3 is 2.09 bits per heavy atom. The Morgan fingerprint density at radius 1 is 0.875 bits per heavy atom. The second-order valence-electron chi connectivity index (χ2n) is 8.26. The number of carbonyl (C=O) groups excluding carboxylic acids is 1. The summed E-state index contributed by atoms with van der Waals surface area (Å²) in [6.45, 7) is 2.72. The van der Waals surface area contributed by atoms with Crippen molar-refractivity contribution in [2.75, 3.05) is 13.1 Å². The average molecular weight is 449 g/mol. The van der Waals surface area contributed by atoms with Crippen LogP contribution in [0.5, 0.6) is 0 Å². The minimum atomic E-state index is -3.52. The van der Waals surface area contributed by atoms with Crippen LogP contribution in [-0.2, 0) is 14.8 Å². The summed E-state index contributed by atoms with van der Waals surface area (Å²) < 4.78 is 27.2. The first-order valence-corrected chi connectivity index (χ1v) is 12.4. The van der Waals surface area contributed by atoms with Gasteiger partial charge in [-0.1, -0.05) is 78.4 Å². The van der Waals surface area contributed by atoms with Gasteiger partial charge in [0, 0.05) is 19.0 Å². The van der Waals surface area contributed by atoms with E-state index in [4.69, 9.17) is 0 Å². The van der Waals surface area contributed by atoms with E-state index < -0.39 is 10.0 Å². The smallest absolute Gasteiger partial charge is 0.243 e. The van der Waals surface area contributed by atoms with Crippen molar-refractivity contribution in [2.45, 2.75) is 30.7 Å². The molecule has 0 radical (unpaired) electrons. The normalized spacial score (nSPS) is 16.4. The minimum Gasteiger partial charge on any atom is -0.345 e. The summed E-state index contributed by atoms with van der Waals surface area (Å²) in [7, 11) is -3.52. The lowest BCUT2D eigenvalue weighted by molar-refractivity contribution is -0.126. The lowest BCUT2D eigenvalue weighted by Crippen LogP contribution is -2.43. The number of benzene rings is 3. The van der Waals surface area contributed by atoms with E-state index in [1.165, 1.54) is 4.31 Å². The molecule has 1 amide bonds. The average Bonchev–Trinajstić information content (AvgIpc) is 2.83. The third-order valence-corrected chi connectivity index (χ3v) is 7.91. The van der Waals surface area contributed by atoms with E-state index >= 15 is 0 Å². The molecule has 0 saturated carbocycles. The predicted molar refractivity (Wildman–Crippen MR) is 126 cm³/mol. The maximum Gasteiger partial charge on any atom is 0.243 e. The molecule has 0 aromatic heterocycles. The highest BCUT2D eigenvalue weighted by Gasteiger charge is 2.33. The van der Waals surface area contributed by atoms with Gasteiger partial charge in [0.05, 0.1) is 10.9 Å². The van der Waals surface area contributed by atoms with E-state index in [9.17, 15) is 13.2 Å². The third-order valence-electron chi connectivity index (χ3n) is 6.00. The number of nitrogens with zero attached hydrogens (tertiary/aromatic N) is 1. The molecule has 166 valence electrons. The summed E-state index contributed by atoms with van der Waals surface area (Å²) in [5.41, 5.74) is 3.20.